The van der Waals surface area contributed by atoms with E-state index in [1.165, 1.54) is 70.6 Å². The molecule has 0 aromatic rings. The van der Waals surface area contributed by atoms with Crippen LogP contribution in [0.2, 0.25) is 0 Å². The smallest absolute Gasteiger partial charge is 0.226 e. The van der Waals surface area contributed by atoms with Gasteiger partial charge in [-0.25, -0.2) is 0 Å². The van der Waals surface area contributed by atoms with Crippen LogP contribution in [0.3, 0.4) is 0 Å². The van der Waals surface area contributed by atoms with Crippen molar-refractivity contribution in [2.24, 2.45) is 58.2 Å². The summed E-state index contributed by atoms with van der Waals surface area (Å²) in [6, 6.07) is -0.548. The van der Waals surface area contributed by atoms with Crippen LogP contribution in [0.5, 0.6) is 0 Å². The molecule has 0 aromatic heterocycles. The van der Waals surface area contributed by atoms with Gasteiger partial charge in [-0.15, -0.1) is 0 Å². The van der Waals surface area contributed by atoms with Gasteiger partial charge in [-0.3, -0.25) is 19.2 Å². The van der Waals surface area contributed by atoms with Crippen molar-refractivity contribution < 1.29 is 29.1 Å². The highest BCUT2D eigenvalue weighted by atomic mass is 16.3. The lowest BCUT2D eigenvalue weighted by molar-refractivity contribution is -0.143. The van der Waals surface area contributed by atoms with E-state index in [1.807, 2.05) is 23.6 Å². The molecule has 318 valence electrons. The summed E-state index contributed by atoms with van der Waals surface area (Å²) < 4.78 is 0. The Bertz CT molecular complexity index is 1340. The van der Waals surface area contributed by atoms with Gasteiger partial charge in [-0.1, -0.05) is 144 Å². The maximum absolute atomic E-state index is 13.3. The predicted molar refractivity (Wildman–Crippen MR) is 223 cm³/mol. The molecule has 2 saturated carbocycles. The van der Waals surface area contributed by atoms with E-state index < -0.39 is 0 Å². The van der Waals surface area contributed by atoms with Crippen LogP contribution >= 0.6 is 0 Å². The summed E-state index contributed by atoms with van der Waals surface area (Å²) in [4.78, 5) is 68.3. The lowest BCUT2D eigenvalue weighted by Crippen LogP contribution is -2.47. The van der Waals surface area contributed by atoms with E-state index in [0.717, 1.165) is 77.2 Å². The number of aliphatic hydroxyl groups excluding tert-OH is 1. The number of nitrogens with zero attached hydrogens (tertiary/aromatic N) is 2. The number of aldehydes is 1. The summed E-state index contributed by atoms with van der Waals surface area (Å²) in [7, 11) is 0. The summed E-state index contributed by atoms with van der Waals surface area (Å²) in [5.74, 6) is 2.06. The normalized spacial score (nSPS) is 37.8. The van der Waals surface area contributed by atoms with Gasteiger partial charge in [-0.2, -0.15) is 0 Å². The number of fused-ring (bicyclic) bond motifs is 6. The Kier molecular flexibility index (Phi) is 16.3. The van der Waals surface area contributed by atoms with Gasteiger partial charge >= 0.3 is 0 Å². The zero-order valence-corrected chi connectivity index (χ0v) is 36.4. The lowest BCUT2D eigenvalue weighted by Gasteiger charge is -2.32. The second-order valence-electron chi connectivity index (χ2n) is 20.7. The van der Waals surface area contributed by atoms with Crippen LogP contribution in [-0.2, 0) is 24.0 Å². The van der Waals surface area contributed by atoms with Crippen LogP contribution in [0.15, 0.2) is 0 Å². The number of aliphatic hydroxyl groups is 1. The van der Waals surface area contributed by atoms with Gasteiger partial charge in [0.25, 0.3) is 0 Å². The second kappa shape index (κ2) is 20.2. The molecule has 1 N–H and O–H groups in total. The third-order valence-electron chi connectivity index (χ3n) is 15.9. The molecular formula is C48H80N2O6. The number of Topliss-reactive ketones (excluding diaryl/α,β-unsaturated/α-hetero) is 2. The van der Waals surface area contributed by atoms with E-state index in [2.05, 4.69) is 27.7 Å². The van der Waals surface area contributed by atoms with E-state index in [4.69, 9.17) is 0 Å². The van der Waals surface area contributed by atoms with Gasteiger partial charge in [-0.05, 0) is 66.1 Å². The molecular weight excluding hydrogens is 701 g/mol. The summed E-state index contributed by atoms with van der Waals surface area (Å²) in [6.07, 6.45) is 24.5. The molecule has 8 nitrogen and oxygen atoms in total. The maximum Gasteiger partial charge on any atom is 0.226 e. The molecule has 4 aliphatic heterocycles. The fourth-order valence-corrected chi connectivity index (χ4v) is 11.7. The van der Waals surface area contributed by atoms with Crippen LogP contribution in [-0.4, -0.2) is 76.4 Å². The van der Waals surface area contributed by atoms with Gasteiger partial charge < -0.3 is 19.7 Å². The number of rotatable bonds is 2. The molecule has 8 heteroatoms. The molecule has 10 atom stereocenters. The number of ketones is 2. The van der Waals surface area contributed by atoms with Crippen LogP contribution in [0.25, 0.3) is 0 Å². The third kappa shape index (κ3) is 10.7. The Morgan fingerprint density at radius 3 is 1.30 bits per heavy atom. The molecule has 4 heterocycles. The number of hydrogen-bond donors (Lipinski definition) is 1. The molecule has 4 saturated heterocycles. The summed E-state index contributed by atoms with van der Waals surface area (Å²) in [6.45, 7) is 14.6. The maximum atomic E-state index is 13.3. The van der Waals surface area contributed by atoms with Crippen LogP contribution in [0, 0.1) is 58.2 Å². The molecule has 0 unspecified atom stereocenters. The van der Waals surface area contributed by atoms with Gasteiger partial charge in [0.15, 0.2) is 11.6 Å². The third-order valence-corrected chi connectivity index (χ3v) is 15.9. The zero-order valence-electron chi connectivity index (χ0n) is 36.4. The van der Waals surface area contributed by atoms with Gasteiger partial charge in [0, 0.05) is 50.3 Å². The Morgan fingerprint density at radius 2 is 0.911 bits per heavy atom. The molecule has 2 amide bonds. The molecule has 0 spiro atoms. The molecule has 6 aliphatic rings. The molecule has 2 aliphatic carbocycles. The average molecular weight is 781 g/mol. The van der Waals surface area contributed by atoms with E-state index in [9.17, 15) is 29.1 Å². The topological polar surface area (TPSA) is 112 Å². The first kappa shape index (κ1) is 45.0. The van der Waals surface area contributed by atoms with Crippen LogP contribution < -0.4 is 0 Å². The first-order valence-corrected chi connectivity index (χ1v) is 23.5. The number of amides is 2. The largest absolute Gasteiger partial charge is 0.396 e. The quantitative estimate of drug-likeness (QED) is 0.280. The van der Waals surface area contributed by atoms with Gasteiger partial charge in [0.05, 0.1) is 12.1 Å². The lowest BCUT2D eigenvalue weighted by atomic mass is 9.89. The average Bonchev–Trinajstić information content (AvgIpc) is 3.63. The first-order chi connectivity index (χ1) is 26.7. The Hall–Kier alpha value is -2.09. The van der Waals surface area contributed by atoms with Gasteiger partial charge in [0.1, 0.15) is 6.29 Å². The van der Waals surface area contributed by atoms with Crippen molar-refractivity contribution in [1.29, 1.82) is 0 Å². The van der Waals surface area contributed by atoms with Crippen LogP contribution in [0.4, 0.5) is 0 Å². The fraction of sp³-hybridized carbons (Fsp3) is 0.896. The minimum atomic E-state index is -0.298. The Balaban J connectivity index is 0.000000214. The number of hydrogen-bond acceptors (Lipinski definition) is 6. The summed E-state index contributed by atoms with van der Waals surface area (Å²) in [5, 5.41) is 9.81. The summed E-state index contributed by atoms with van der Waals surface area (Å²) >= 11 is 0. The van der Waals surface area contributed by atoms with Crippen molar-refractivity contribution in [1.82, 2.24) is 9.80 Å². The van der Waals surface area contributed by atoms with Crippen molar-refractivity contribution in [3.63, 3.8) is 0 Å². The molecule has 0 radical (unpaired) electrons. The van der Waals surface area contributed by atoms with E-state index >= 15 is 0 Å². The SMILES string of the molecule is C[C@H]1CCCCCCCCCC[C@@H](C=O)CC(=O)[C@@H]2[C@@H]3[C@H](CN2C1=O)C3(C)C.C[C@H]1CCCCCCCCCC[C@@H](CO)CC(=O)[C@@H]2[C@@H]3[C@H](CN2C1=O)C3(C)C. The minimum absolute atomic E-state index is 0.00605. The minimum Gasteiger partial charge on any atom is -0.396 e. The Labute approximate surface area is 340 Å². The summed E-state index contributed by atoms with van der Waals surface area (Å²) in [5.41, 5.74) is 0.323. The van der Waals surface area contributed by atoms with Crippen molar-refractivity contribution in [2.45, 2.75) is 195 Å². The Morgan fingerprint density at radius 1 is 0.554 bits per heavy atom. The highest BCUT2D eigenvalue weighted by Crippen LogP contribution is 2.66. The van der Waals surface area contributed by atoms with Crippen molar-refractivity contribution in [2.75, 3.05) is 19.7 Å². The number of carbonyl (C=O) groups is 5. The van der Waals surface area contributed by atoms with Gasteiger partial charge in [0.2, 0.25) is 11.8 Å². The standard InChI is InChI=1S/C24H41NO3.C24H39NO3/c2*1-17-12-10-8-6-4-5-7-9-11-13-18(16-26)14-20(27)22-21-19(24(21,2)3)15-25(22)23(17)28/h17-19,21-22,26H,4-16H2,1-3H3;16-19,21-22H,4-15H2,1-3H3/t2*17-,18+,19-,21-,22+/m00/s1. The molecule has 0 aromatic carbocycles. The monoisotopic (exact) mass is 781 g/mol. The molecule has 0 bridgehead atoms. The van der Waals surface area contributed by atoms with Crippen LogP contribution in [0.1, 0.15) is 183 Å². The van der Waals surface area contributed by atoms with E-state index in [1.54, 1.807) is 0 Å². The fourth-order valence-electron chi connectivity index (χ4n) is 11.7. The van der Waals surface area contributed by atoms with Crippen molar-refractivity contribution in [3.8, 4) is 0 Å². The molecule has 56 heavy (non-hydrogen) atoms. The van der Waals surface area contributed by atoms with Crippen molar-refractivity contribution in [3.05, 3.63) is 0 Å². The predicted octanol–water partition coefficient (Wildman–Crippen LogP) is 9.38. The number of piperidine rings is 2. The van der Waals surface area contributed by atoms with E-state index in [0.29, 0.717) is 30.6 Å². The van der Waals surface area contributed by atoms with Crippen molar-refractivity contribution >= 4 is 29.7 Å². The zero-order chi connectivity index (χ0) is 40.6. The molecule has 6 rings (SSSR count). The highest BCUT2D eigenvalue weighted by molar-refractivity contribution is 5.93. The highest BCUT2D eigenvalue weighted by Gasteiger charge is 2.70. The second-order valence-corrected chi connectivity index (χ2v) is 20.7. The first-order valence-electron chi connectivity index (χ1n) is 23.5. The van der Waals surface area contributed by atoms with E-state index in [-0.39, 0.29) is 82.5 Å². The molecule has 6 fully saturated rings. The number of carbonyl (C=O) groups excluding carboxylic acids is 5.